The van der Waals surface area contributed by atoms with Crippen molar-refractivity contribution >= 4 is 15.7 Å². The van der Waals surface area contributed by atoms with Crippen LogP contribution in [0.25, 0.3) is 0 Å². The van der Waals surface area contributed by atoms with E-state index in [2.05, 4.69) is 9.97 Å². The Morgan fingerprint density at radius 1 is 1.42 bits per heavy atom. The van der Waals surface area contributed by atoms with Gasteiger partial charge in [-0.3, -0.25) is 9.29 Å². The molecule has 2 rings (SSSR count). The summed E-state index contributed by atoms with van der Waals surface area (Å²) in [7, 11) is -2.15. The topological polar surface area (TPSA) is 68.1 Å². The van der Waals surface area contributed by atoms with Crippen molar-refractivity contribution < 1.29 is 8.42 Å². The van der Waals surface area contributed by atoms with Crippen LogP contribution in [0.4, 0.5) is 5.69 Å². The number of pyridine rings is 1. The lowest BCUT2D eigenvalue weighted by molar-refractivity contribution is 0.591. The van der Waals surface area contributed by atoms with Gasteiger partial charge in [-0.2, -0.15) is 8.42 Å². The third-order valence-electron chi connectivity index (χ3n) is 2.93. The second-order valence-corrected chi connectivity index (χ2v) is 6.01. The lowest BCUT2D eigenvalue weighted by Gasteiger charge is -2.17. The zero-order valence-electron chi connectivity index (χ0n) is 11.1. The van der Waals surface area contributed by atoms with Gasteiger partial charge in [0, 0.05) is 26.0 Å². The van der Waals surface area contributed by atoms with Gasteiger partial charge in [-0.05, 0) is 26.0 Å². The lowest BCUT2D eigenvalue weighted by Crippen LogP contribution is -2.26. The van der Waals surface area contributed by atoms with E-state index in [0.29, 0.717) is 18.1 Å². The van der Waals surface area contributed by atoms with E-state index in [0.717, 1.165) is 0 Å². The number of rotatable bonds is 4. The summed E-state index contributed by atoms with van der Waals surface area (Å²) in [6.45, 7) is 4.41. The first-order chi connectivity index (χ1) is 8.96. The highest BCUT2D eigenvalue weighted by Gasteiger charge is 2.24. The van der Waals surface area contributed by atoms with Crippen molar-refractivity contribution in [3.05, 3.63) is 36.5 Å². The van der Waals surface area contributed by atoms with Crippen LogP contribution in [0.3, 0.4) is 0 Å². The molecule has 0 atom stereocenters. The Labute approximate surface area is 112 Å². The highest BCUT2D eigenvalue weighted by atomic mass is 32.2. The molecular formula is C12H16N4O2S. The molecule has 2 aromatic heterocycles. The number of imidazole rings is 1. The Morgan fingerprint density at radius 3 is 2.68 bits per heavy atom. The molecule has 0 fully saturated rings. The van der Waals surface area contributed by atoms with E-state index in [1.54, 1.807) is 36.0 Å². The molecule has 0 aliphatic carbocycles. The summed E-state index contributed by atoms with van der Waals surface area (Å²) in [6, 6.07) is 3.38. The maximum Gasteiger partial charge on any atom is 0.283 e. The second-order valence-electron chi connectivity index (χ2n) is 4.10. The van der Waals surface area contributed by atoms with Gasteiger partial charge in [-0.1, -0.05) is 0 Å². The number of anilines is 1. The fourth-order valence-electron chi connectivity index (χ4n) is 1.74. The maximum absolute atomic E-state index is 12.4. The molecule has 0 bridgehead atoms. The first-order valence-electron chi connectivity index (χ1n) is 5.89. The van der Waals surface area contributed by atoms with E-state index < -0.39 is 10.0 Å². The standard InChI is InChI=1S/C12H16N4O2S/c1-4-16-9-12(14-10(16)2)19(17,18)15(3)11-6-5-7-13-8-11/h5-9H,4H2,1-3H3. The molecule has 0 amide bonds. The van der Waals surface area contributed by atoms with E-state index in [9.17, 15) is 8.42 Å². The largest absolute Gasteiger partial charge is 0.334 e. The monoisotopic (exact) mass is 280 g/mol. The van der Waals surface area contributed by atoms with Crippen LogP contribution >= 0.6 is 0 Å². The van der Waals surface area contributed by atoms with Crippen molar-refractivity contribution in [2.24, 2.45) is 0 Å². The Hall–Kier alpha value is -1.89. The van der Waals surface area contributed by atoms with Gasteiger partial charge in [-0.15, -0.1) is 0 Å². The molecule has 0 saturated heterocycles. The van der Waals surface area contributed by atoms with E-state index in [1.807, 2.05) is 6.92 Å². The average molecular weight is 280 g/mol. The molecule has 0 unspecified atom stereocenters. The molecule has 0 aliphatic rings. The predicted molar refractivity (Wildman–Crippen MR) is 72.5 cm³/mol. The van der Waals surface area contributed by atoms with E-state index >= 15 is 0 Å². The summed E-state index contributed by atoms with van der Waals surface area (Å²) in [4.78, 5) is 8.03. The van der Waals surface area contributed by atoms with Crippen molar-refractivity contribution in [2.45, 2.75) is 25.4 Å². The maximum atomic E-state index is 12.4. The summed E-state index contributed by atoms with van der Waals surface area (Å²) in [5.74, 6) is 0.681. The summed E-state index contributed by atoms with van der Waals surface area (Å²) in [5.41, 5.74) is 0.506. The molecular weight excluding hydrogens is 264 g/mol. The Bertz CT molecular complexity index is 664. The van der Waals surface area contributed by atoms with Crippen LogP contribution in [0, 0.1) is 6.92 Å². The summed E-state index contributed by atoms with van der Waals surface area (Å²) < 4.78 is 27.9. The molecule has 19 heavy (non-hydrogen) atoms. The SMILES string of the molecule is CCn1cc(S(=O)(=O)N(C)c2cccnc2)nc1C. The molecule has 2 aromatic rings. The first kappa shape index (κ1) is 13.5. The van der Waals surface area contributed by atoms with Gasteiger partial charge in [-0.25, -0.2) is 4.98 Å². The number of hydrogen-bond donors (Lipinski definition) is 0. The zero-order valence-corrected chi connectivity index (χ0v) is 11.9. The fourth-order valence-corrected chi connectivity index (χ4v) is 2.92. The number of aryl methyl sites for hydroxylation is 2. The minimum Gasteiger partial charge on any atom is -0.334 e. The van der Waals surface area contributed by atoms with Crippen LogP contribution in [0.5, 0.6) is 0 Å². The van der Waals surface area contributed by atoms with E-state index in [4.69, 9.17) is 0 Å². The van der Waals surface area contributed by atoms with Crippen LogP contribution in [0.15, 0.2) is 35.7 Å². The van der Waals surface area contributed by atoms with Gasteiger partial charge in [0.2, 0.25) is 0 Å². The molecule has 102 valence electrons. The van der Waals surface area contributed by atoms with Crippen LogP contribution in [0.1, 0.15) is 12.7 Å². The molecule has 0 spiro atoms. The van der Waals surface area contributed by atoms with Crippen LogP contribution in [0.2, 0.25) is 0 Å². The van der Waals surface area contributed by atoms with Gasteiger partial charge in [0.1, 0.15) is 5.82 Å². The van der Waals surface area contributed by atoms with Crippen molar-refractivity contribution in [2.75, 3.05) is 11.4 Å². The van der Waals surface area contributed by atoms with Crippen LogP contribution < -0.4 is 4.31 Å². The number of hydrogen-bond acceptors (Lipinski definition) is 4. The van der Waals surface area contributed by atoms with E-state index in [1.165, 1.54) is 17.5 Å². The van der Waals surface area contributed by atoms with Gasteiger partial charge in [0.25, 0.3) is 10.0 Å². The first-order valence-corrected chi connectivity index (χ1v) is 7.33. The number of sulfonamides is 1. The summed E-state index contributed by atoms with van der Waals surface area (Å²) in [5, 5.41) is 0.0539. The molecule has 0 saturated carbocycles. The predicted octanol–water partition coefficient (Wildman–Crippen LogP) is 1.43. The van der Waals surface area contributed by atoms with E-state index in [-0.39, 0.29) is 5.03 Å². The fraction of sp³-hybridized carbons (Fsp3) is 0.333. The van der Waals surface area contributed by atoms with Gasteiger partial charge in [0.05, 0.1) is 11.9 Å². The highest BCUT2D eigenvalue weighted by molar-refractivity contribution is 7.92. The third-order valence-corrected chi connectivity index (χ3v) is 4.59. The quantitative estimate of drug-likeness (QED) is 0.849. The van der Waals surface area contributed by atoms with Crippen molar-refractivity contribution in [1.82, 2.24) is 14.5 Å². The molecule has 0 N–H and O–H groups in total. The molecule has 7 heteroatoms. The molecule has 2 heterocycles. The Balaban J connectivity index is 2.42. The zero-order chi connectivity index (χ0) is 14.0. The summed E-state index contributed by atoms with van der Waals surface area (Å²) in [6.07, 6.45) is 4.65. The second kappa shape index (κ2) is 5.00. The molecule has 0 aromatic carbocycles. The smallest absolute Gasteiger partial charge is 0.283 e. The molecule has 0 radical (unpaired) electrons. The van der Waals surface area contributed by atoms with Gasteiger partial charge in [0.15, 0.2) is 5.03 Å². The third kappa shape index (κ3) is 2.46. The lowest BCUT2D eigenvalue weighted by atomic mass is 10.4. The van der Waals surface area contributed by atoms with Gasteiger partial charge >= 0.3 is 0 Å². The minimum atomic E-state index is -3.64. The molecule has 0 aliphatic heterocycles. The summed E-state index contributed by atoms with van der Waals surface area (Å²) >= 11 is 0. The van der Waals surface area contributed by atoms with Crippen molar-refractivity contribution in [3.8, 4) is 0 Å². The minimum absolute atomic E-state index is 0.0539. The molecule has 6 nitrogen and oxygen atoms in total. The van der Waals surface area contributed by atoms with Crippen molar-refractivity contribution in [3.63, 3.8) is 0 Å². The highest BCUT2D eigenvalue weighted by Crippen LogP contribution is 2.20. The Morgan fingerprint density at radius 2 is 2.16 bits per heavy atom. The normalized spacial score (nSPS) is 11.5. The Kier molecular flexibility index (Phi) is 3.57. The van der Waals surface area contributed by atoms with Crippen LogP contribution in [-0.4, -0.2) is 30.0 Å². The van der Waals surface area contributed by atoms with Crippen LogP contribution in [-0.2, 0) is 16.6 Å². The van der Waals surface area contributed by atoms with Gasteiger partial charge < -0.3 is 4.57 Å². The number of aromatic nitrogens is 3. The number of nitrogens with zero attached hydrogens (tertiary/aromatic N) is 4. The van der Waals surface area contributed by atoms with Crippen molar-refractivity contribution in [1.29, 1.82) is 0 Å². The average Bonchev–Trinajstić information content (AvgIpc) is 2.81.